The molecule has 0 saturated heterocycles. The fourth-order valence-electron chi connectivity index (χ4n) is 2.31. The number of halogens is 2. The van der Waals surface area contributed by atoms with Gasteiger partial charge in [-0.3, -0.25) is 14.9 Å². The summed E-state index contributed by atoms with van der Waals surface area (Å²) in [4.78, 5) is 24.1. The molecule has 1 N–H and O–H groups in total. The van der Waals surface area contributed by atoms with Crippen molar-refractivity contribution < 1.29 is 9.72 Å². The second-order valence-electron chi connectivity index (χ2n) is 5.46. The summed E-state index contributed by atoms with van der Waals surface area (Å²) in [7, 11) is 0. The summed E-state index contributed by atoms with van der Waals surface area (Å²) in [5, 5.41) is 14.5. The van der Waals surface area contributed by atoms with E-state index in [1.807, 2.05) is 24.3 Å². The third kappa shape index (κ3) is 6.23. The van der Waals surface area contributed by atoms with E-state index in [9.17, 15) is 14.9 Å². The number of nitro groups is 1. The van der Waals surface area contributed by atoms with E-state index in [0.717, 1.165) is 11.3 Å². The largest absolute Gasteiger partial charge is 0.369 e. The number of hydrazone groups is 1. The summed E-state index contributed by atoms with van der Waals surface area (Å²) in [6.45, 7) is 1.40. The van der Waals surface area contributed by atoms with Crippen molar-refractivity contribution in [3.8, 4) is 0 Å². The molecule has 2 aromatic carbocycles. The van der Waals surface area contributed by atoms with Gasteiger partial charge in [0.2, 0.25) is 0 Å². The Kier molecular flexibility index (Phi) is 8.03. The molecule has 0 fully saturated rings. The molecule has 142 valence electrons. The van der Waals surface area contributed by atoms with Gasteiger partial charge in [0.25, 0.3) is 11.6 Å². The molecular weight excluding hydrogens is 391 g/mol. The van der Waals surface area contributed by atoms with Gasteiger partial charge in [0, 0.05) is 48.2 Å². The van der Waals surface area contributed by atoms with Gasteiger partial charge in [-0.1, -0.05) is 12.1 Å². The van der Waals surface area contributed by atoms with Crippen molar-refractivity contribution in [1.82, 2.24) is 5.43 Å². The van der Waals surface area contributed by atoms with Crippen LogP contribution in [0.2, 0.25) is 0 Å². The second kappa shape index (κ2) is 10.5. The Bertz CT molecular complexity index is 789. The van der Waals surface area contributed by atoms with Gasteiger partial charge in [0.15, 0.2) is 0 Å². The molecule has 0 unspecified atom stereocenters. The van der Waals surface area contributed by atoms with E-state index >= 15 is 0 Å². The molecule has 0 aliphatic heterocycles. The summed E-state index contributed by atoms with van der Waals surface area (Å²) in [5.41, 5.74) is 4.40. The van der Waals surface area contributed by atoms with E-state index in [1.165, 1.54) is 30.5 Å². The Labute approximate surface area is 166 Å². The maximum atomic E-state index is 12.0. The van der Waals surface area contributed by atoms with E-state index in [4.69, 9.17) is 23.2 Å². The number of hydrogen-bond acceptors (Lipinski definition) is 5. The summed E-state index contributed by atoms with van der Waals surface area (Å²) in [6.07, 6.45) is 1.51. The number of amides is 1. The molecule has 0 aromatic heterocycles. The van der Waals surface area contributed by atoms with Crippen molar-refractivity contribution in [3.05, 3.63) is 69.8 Å². The number of hydrogen-bond donors (Lipinski definition) is 1. The van der Waals surface area contributed by atoms with E-state index in [0.29, 0.717) is 24.8 Å². The SMILES string of the molecule is O=C(N/N=C\c1ccc(N(CCCl)CCCl)cc1)c1ccc([N+](=O)[O-])cc1. The van der Waals surface area contributed by atoms with Crippen molar-refractivity contribution in [3.63, 3.8) is 0 Å². The molecule has 27 heavy (non-hydrogen) atoms. The summed E-state index contributed by atoms with van der Waals surface area (Å²) in [6, 6.07) is 12.9. The molecule has 0 bridgehead atoms. The molecule has 1 amide bonds. The standard InChI is InChI=1S/C18H18Cl2N4O3/c19-9-11-23(12-10-20)16-5-1-14(2-6-16)13-21-22-18(25)15-3-7-17(8-4-15)24(26)27/h1-8,13H,9-12H2,(H,22,25)/b21-13-. The van der Waals surface area contributed by atoms with Gasteiger partial charge in [0.05, 0.1) is 11.1 Å². The smallest absolute Gasteiger partial charge is 0.271 e. The second-order valence-corrected chi connectivity index (χ2v) is 6.22. The summed E-state index contributed by atoms with van der Waals surface area (Å²) in [5.74, 6) is 0.567. The summed E-state index contributed by atoms with van der Waals surface area (Å²) < 4.78 is 0. The highest BCUT2D eigenvalue weighted by atomic mass is 35.5. The Balaban J connectivity index is 1.95. The Morgan fingerprint density at radius 2 is 1.67 bits per heavy atom. The lowest BCUT2D eigenvalue weighted by atomic mass is 10.2. The maximum Gasteiger partial charge on any atom is 0.271 e. The van der Waals surface area contributed by atoms with E-state index in [-0.39, 0.29) is 11.3 Å². The van der Waals surface area contributed by atoms with Crippen LogP contribution in [0.5, 0.6) is 0 Å². The first-order valence-corrected chi connectivity index (χ1v) is 9.17. The third-order valence-corrected chi connectivity index (χ3v) is 4.03. The predicted molar refractivity (Wildman–Crippen MR) is 108 cm³/mol. The number of rotatable bonds is 9. The average molecular weight is 409 g/mol. The van der Waals surface area contributed by atoms with Gasteiger partial charge in [0.1, 0.15) is 0 Å². The third-order valence-electron chi connectivity index (χ3n) is 3.69. The van der Waals surface area contributed by atoms with Crippen LogP contribution in [0.1, 0.15) is 15.9 Å². The Morgan fingerprint density at radius 3 is 2.19 bits per heavy atom. The molecule has 2 rings (SSSR count). The molecule has 0 heterocycles. The first-order valence-electron chi connectivity index (χ1n) is 8.10. The zero-order valence-corrected chi connectivity index (χ0v) is 15.9. The molecule has 2 aromatic rings. The van der Waals surface area contributed by atoms with Crippen molar-refractivity contribution in [2.45, 2.75) is 0 Å². The molecule has 0 atom stereocenters. The molecule has 7 nitrogen and oxygen atoms in total. The number of carbonyl (C=O) groups is 1. The molecule has 0 aliphatic carbocycles. The highest BCUT2D eigenvalue weighted by molar-refractivity contribution is 6.18. The number of alkyl halides is 2. The normalized spacial score (nSPS) is 10.7. The number of anilines is 1. The van der Waals surface area contributed by atoms with Gasteiger partial charge in [-0.15, -0.1) is 23.2 Å². The molecule has 0 spiro atoms. The van der Waals surface area contributed by atoms with E-state index in [2.05, 4.69) is 15.4 Å². The fourth-order valence-corrected chi connectivity index (χ4v) is 2.72. The fraction of sp³-hybridized carbons (Fsp3) is 0.222. The number of benzene rings is 2. The van der Waals surface area contributed by atoms with Crippen molar-refractivity contribution in [2.75, 3.05) is 29.7 Å². The molecule has 0 aliphatic rings. The van der Waals surface area contributed by atoms with Crippen LogP contribution in [0.4, 0.5) is 11.4 Å². The highest BCUT2D eigenvalue weighted by Crippen LogP contribution is 2.15. The number of nitro benzene ring substituents is 1. The lowest BCUT2D eigenvalue weighted by Crippen LogP contribution is -2.27. The van der Waals surface area contributed by atoms with Crippen LogP contribution in [0, 0.1) is 10.1 Å². The lowest BCUT2D eigenvalue weighted by molar-refractivity contribution is -0.384. The Hall–Kier alpha value is -2.64. The highest BCUT2D eigenvalue weighted by Gasteiger charge is 2.08. The van der Waals surface area contributed by atoms with Crippen LogP contribution < -0.4 is 10.3 Å². The van der Waals surface area contributed by atoms with Crippen LogP contribution in [0.15, 0.2) is 53.6 Å². The average Bonchev–Trinajstić information content (AvgIpc) is 2.68. The molecule has 0 saturated carbocycles. The topological polar surface area (TPSA) is 87.8 Å². The number of carbonyl (C=O) groups excluding carboxylic acids is 1. The Morgan fingerprint density at radius 1 is 1.07 bits per heavy atom. The van der Waals surface area contributed by atoms with Crippen LogP contribution in [-0.2, 0) is 0 Å². The van der Waals surface area contributed by atoms with Gasteiger partial charge in [-0.05, 0) is 29.8 Å². The van der Waals surface area contributed by atoms with Crippen LogP contribution >= 0.6 is 23.2 Å². The van der Waals surface area contributed by atoms with Crippen LogP contribution in [0.3, 0.4) is 0 Å². The van der Waals surface area contributed by atoms with Gasteiger partial charge in [-0.25, -0.2) is 5.43 Å². The monoisotopic (exact) mass is 408 g/mol. The van der Waals surface area contributed by atoms with Gasteiger partial charge in [-0.2, -0.15) is 5.10 Å². The van der Waals surface area contributed by atoms with Gasteiger partial charge < -0.3 is 4.90 Å². The summed E-state index contributed by atoms with van der Waals surface area (Å²) >= 11 is 11.6. The molecule has 0 radical (unpaired) electrons. The first-order chi connectivity index (χ1) is 13.0. The zero-order valence-electron chi connectivity index (χ0n) is 14.3. The predicted octanol–water partition coefficient (Wildman–Crippen LogP) is 3.64. The lowest BCUT2D eigenvalue weighted by Gasteiger charge is -2.22. The van der Waals surface area contributed by atoms with Crippen LogP contribution in [-0.4, -0.2) is 41.9 Å². The minimum atomic E-state index is -0.523. The zero-order chi connectivity index (χ0) is 19.6. The minimum absolute atomic E-state index is 0.0764. The molecule has 9 heteroatoms. The van der Waals surface area contributed by atoms with Crippen LogP contribution in [0.25, 0.3) is 0 Å². The number of non-ortho nitro benzene ring substituents is 1. The van der Waals surface area contributed by atoms with Crippen molar-refractivity contribution in [1.29, 1.82) is 0 Å². The molecular formula is C18H18Cl2N4O3. The first kappa shape index (κ1) is 20.7. The van der Waals surface area contributed by atoms with Gasteiger partial charge >= 0.3 is 0 Å². The quantitative estimate of drug-likeness (QED) is 0.297. The minimum Gasteiger partial charge on any atom is -0.369 e. The number of nitrogens with zero attached hydrogens (tertiary/aromatic N) is 3. The van der Waals surface area contributed by atoms with E-state index in [1.54, 1.807) is 0 Å². The number of nitrogens with one attached hydrogen (secondary N) is 1. The maximum absolute atomic E-state index is 12.0. The van der Waals surface area contributed by atoms with Crippen molar-refractivity contribution in [2.24, 2.45) is 5.10 Å². The van der Waals surface area contributed by atoms with Crippen molar-refractivity contribution >= 4 is 46.7 Å². The van der Waals surface area contributed by atoms with E-state index < -0.39 is 10.8 Å².